The smallest absolute Gasteiger partial charge is 0.257 e. The Labute approximate surface area is 141 Å². The van der Waals surface area contributed by atoms with Crippen LogP contribution in [0.5, 0.6) is 5.75 Å². The van der Waals surface area contributed by atoms with Crippen LogP contribution < -0.4 is 15.4 Å². The van der Waals surface area contributed by atoms with E-state index in [1.54, 1.807) is 6.07 Å². The standard InChI is InChI=1S/C18H20N2O2S/c1-3-11-22-15-9-6-8-14(12-15)19-18(23)20-17(21)16-10-5-4-7-13(16)2/h4-10,12H,3,11H2,1-2H3,(H2,19,20,21,23). The number of amides is 1. The van der Waals surface area contributed by atoms with Gasteiger partial charge in [-0.2, -0.15) is 0 Å². The maximum Gasteiger partial charge on any atom is 0.257 e. The molecule has 0 aliphatic carbocycles. The first-order valence-electron chi connectivity index (χ1n) is 7.51. The molecule has 4 nitrogen and oxygen atoms in total. The molecule has 0 saturated heterocycles. The Morgan fingerprint density at radius 2 is 1.96 bits per heavy atom. The Balaban J connectivity index is 1.97. The van der Waals surface area contributed by atoms with Crippen LogP contribution in [0.3, 0.4) is 0 Å². The second kappa shape index (κ2) is 8.29. The lowest BCUT2D eigenvalue weighted by Crippen LogP contribution is -2.34. The molecule has 23 heavy (non-hydrogen) atoms. The number of aryl methyl sites for hydroxylation is 1. The summed E-state index contributed by atoms with van der Waals surface area (Å²) in [6.07, 6.45) is 0.947. The van der Waals surface area contributed by atoms with Crippen molar-refractivity contribution in [3.8, 4) is 5.75 Å². The number of rotatable bonds is 5. The number of carbonyl (C=O) groups is 1. The van der Waals surface area contributed by atoms with E-state index in [0.29, 0.717) is 12.2 Å². The van der Waals surface area contributed by atoms with Crippen molar-refractivity contribution in [2.45, 2.75) is 20.3 Å². The summed E-state index contributed by atoms with van der Waals surface area (Å²) in [7, 11) is 0. The molecule has 0 saturated carbocycles. The molecule has 5 heteroatoms. The SMILES string of the molecule is CCCOc1cccc(NC(=S)NC(=O)c2ccccc2C)c1. The van der Waals surface area contributed by atoms with Gasteiger partial charge in [0.15, 0.2) is 5.11 Å². The molecule has 0 radical (unpaired) electrons. The van der Waals surface area contributed by atoms with Gasteiger partial charge in [-0.3, -0.25) is 10.1 Å². The van der Waals surface area contributed by atoms with E-state index in [9.17, 15) is 4.79 Å². The van der Waals surface area contributed by atoms with Crippen molar-refractivity contribution >= 4 is 28.9 Å². The molecular weight excluding hydrogens is 308 g/mol. The van der Waals surface area contributed by atoms with Crippen molar-refractivity contribution in [1.29, 1.82) is 0 Å². The van der Waals surface area contributed by atoms with E-state index in [2.05, 4.69) is 17.6 Å². The quantitative estimate of drug-likeness (QED) is 0.817. The lowest BCUT2D eigenvalue weighted by molar-refractivity contribution is 0.0977. The number of hydrogen-bond donors (Lipinski definition) is 2. The largest absolute Gasteiger partial charge is 0.494 e. The molecule has 2 aromatic rings. The summed E-state index contributed by atoms with van der Waals surface area (Å²) in [5.74, 6) is 0.545. The summed E-state index contributed by atoms with van der Waals surface area (Å²) >= 11 is 5.20. The van der Waals surface area contributed by atoms with E-state index < -0.39 is 0 Å². The van der Waals surface area contributed by atoms with Crippen LogP contribution in [0.1, 0.15) is 29.3 Å². The summed E-state index contributed by atoms with van der Waals surface area (Å²) < 4.78 is 5.57. The van der Waals surface area contributed by atoms with Crippen molar-refractivity contribution in [3.63, 3.8) is 0 Å². The Morgan fingerprint density at radius 1 is 1.17 bits per heavy atom. The van der Waals surface area contributed by atoms with E-state index in [4.69, 9.17) is 17.0 Å². The third kappa shape index (κ3) is 5.07. The molecule has 0 heterocycles. The third-order valence-electron chi connectivity index (χ3n) is 3.18. The van der Waals surface area contributed by atoms with Gasteiger partial charge in [0.25, 0.3) is 5.91 Å². The highest BCUT2D eigenvalue weighted by Gasteiger charge is 2.10. The average Bonchev–Trinajstić information content (AvgIpc) is 2.53. The van der Waals surface area contributed by atoms with Gasteiger partial charge in [0, 0.05) is 17.3 Å². The molecule has 2 N–H and O–H groups in total. The molecule has 0 unspecified atom stereocenters. The molecule has 2 rings (SSSR count). The minimum atomic E-state index is -0.223. The van der Waals surface area contributed by atoms with E-state index in [0.717, 1.165) is 23.4 Å². The van der Waals surface area contributed by atoms with Gasteiger partial charge in [0.2, 0.25) is 0 Å². The molecule has 0 fully saturated rings. The van der Waals surface area contributed by atoms with Crippen LogP contribution in [0, 0.1) is 6.92 Å². The molecule has 120 valence electrons. The maximum atomic E-state index is 12.2. The van der Waals surface area contributed by atoms with E-state index in [-0.39, 0.29) is 11.0 Å². The molecule has 0 spiro atoms. The van der Waals surface area contributed by atoms with E-state index in [1.165, 1.54) is 0 Å². The predicted molar refractivity (Wildman–Crippen MR) is 97.1 cm³/mol. The van der Waals surface area contributed by atoms with Crippen LogP contribution >= 0.6 is 12.2 Å². The minimum absolute atomic E-state index is 0.223. The van der Waals surface area contributed by atoms with Crippen LogP contribution in [0.25, 0.3) is 0 Å². The highest BCUT2D eigenvalue weighted by molar-refractivity contribution is 7.80. The topological polar surface area (TPSA) is 50.4 Å². The van der Waals surface area contributed by atoms with Crippen molar-refractivity contribution in [1.82, 2.24) is 5.32 Å². The Kier molecular flexibility index (Phi) is 6.11. The fourth-order valence-electron chi connectivity index (χ4n) is 2.04. The van der Waals surface area contributed by atoms with Gasteiger partial charge in [-0.25, -0.2) is 0 Å². The number of anilines is 1. The number of nitrogens with one attached hydrogen (secondary N) is 2. The fraction of sp³-hybridized carbons (Fsp3) is 0.222. The predicted octanol–water partition coefficient (Wildman–Crippen LogP) is 3.91. The second-order valence-electron chi connectivity index (χ2n) is 5.10. The number of benzene rings is 2. The molecule has 0 aromatic heterocycles. The Bertz CT molecular complexity index is 701. The number of ether oxygens (including phenoxy) is 1. The lowest BCUT2D eigenvalue weighted by atomic mass is 10.1. The molecule has 0 aliphatic heterocycles. The van der Waals surface area contributed by atoms with Gasteiger partial charge in [-0.05, 0) is 49.3 Å². The van der Waals surface area contributed by atoms with Crippen molar-refractivity contribution < 1.29 is 9.53 Å². The van der Waals surface area contributed by atoms with Gasteiger partial charge in [-0.15, -0.1) is 0 Å². The van der Waals surface area contributed by atoms with Crippen molar-refractivity contribution in [2.24, 2.45) is 0 Å². The average molecular weight is 328 g/mol. The van der Waals surface area contributed by atoms with Crippen LogP contribution in [0.4, 0.5) is 5.69 Å². The molecule has 1 amide bonds. The van der Waals surface area contributed by atoms with Crippen molar-refractivity contribution in [3.05, 3.63) is 59.7 Å². The highest BCUT2D eigenvalue weighted by atomic mass is 32.1. The van der Waals surface area contributed by atoms with Crippen LogP contribution in [-0.2, 0) is 0 Å². The first-order chi connectivity index (χ1) is 11.1. The van der Waals surface area contributed by atoms with E-state index >= 15 is 0 Å². The highest BCUT2D eigenvalue weighted by Crippen LogP contribution is 2.17. The Morgan fingerprint density at radius 3 is 2.70 bits per heavy atom. The number of thiocarbonyl (C=S) groups is 1. The summed E-state index contributed by atoms with van der Waals surface area (Å²) in [5, 5.41) is 5.94. The van der Waals surface area contributed by atoms with Gasteiger partial charge >= 0.3 is 0 Å². The van der Waals surface area contributed by atoms with E-state index in [1.807, 2.05) is 49.4 Å². The minimum Gasteiger partial charge on any atom is -0.494 e. The monoisotopic (exact) mass is 328 g/mol. The van der Waals surface area contributed by atoms with Crippen LogP contribution in [0.2, 0.25) is 0 Å². The van der Waals surface area contributed by atoms with Gasteiger partial charge in [0.05, 0.1) is 6.61 Å². The summed E-state index contributed by atoms with van der Waals surface area (Å²) in [6, 6.07) is 14.9. The first kappa shape index (κ1) is 17.0. The van der Waals surface area contributed by atoms with Crippen molar-refractivity contribution in [2.75, 3.05) is 11.9 Å². The van der Waals surface area contributed by atoms with Gasteiger partial charge < -0.3 is 10.1 Å². The summed E-state index contributed by atoms with van der Waals surface area (Å²) in [5.41, 5.74) is 2.29. The zero-order chi connectivity index (χ0) is 16.7. The zero-order valence-corrected chi connectivity index (χ0v) is 14.1. The van der Waals surface area contributed by atoms with Gasteiger partial charge in [-0.1, -0.05) is 31.2 Å². The molecular formula is C18H20N2O2S. The fourth-order valence-corrected chi connectivity index (χ4v) is 2.25. The van der Waals surface area contributed by atoms with Gasteiger partial charge in [0.1, 0.15) is 5.75 Å². The third-order valence-corrected chi connectivity index (χ3v) is 3.39. The molecule has 0 atom stereocenters. The first-order valence-corrected chi connectivity index (χ1v) is 7.92. The van der Waals surface area contributed by atoms with Crippen LogP contribution in [0.15, 0.2) is 48.5 Å². The lowest BCUT2D eigenvalue weighted by Gasteiger charge is -2.12. The Hall–Kier alpha value is -2.40. The summed E-state index contributed by atoms with van der Waals surface area (Å²) in [4.78, 5) is 12.2. The molecule has 2 aromatic carbocycles. The summed E-state index contributed by atoms with van der Waals surface area (Å²) in [6.45, 7) is 4.61. The number of carbonyl (C=O) groups excluding carboxylic acids is 1. The molecule has 0 bridgehead atoms. The van der Waals surface area contributed by atoms with Crippen LogP contribution in [-0.4, -0.2) is 17.6 Å². The second-order valence-corrected chi connectivity index (χ2v) is 5.51. The molecule has 0 aliphatic rings. The normalized spacial score (nSPS) is 10.0. The zero-order valence-electron chi connectivity index (χ0n) is 13.3. The number of hydrogen-bond acceptors (Lipinski definition) is 3. The maximum absolute atomic E-state index is 12.2.